The fourth-order valence-electron chi connectivity index (χ4n) is 2.05. The minimum atomic E-state index is -0.138. The summed E-state index contributed by atoms with van der Waals surface area (Å²) in [6.45, 7) is 4.15. The summed E-state index contributed by atoms with van der Waals surface area (Å²) in [4.78, 5) is 2.30. The average Bonchev–Trinajstić information content (AvgIpc) is 2.36. The Bertz CT molecular complexity index is 328. The molecule has 0 aliphatic carbocycles. The maximum Gasteiger partial charge on any atom is 0.0694 e. The highest BCUT2D eigenvalue weighted by Gasteiger charge is 2.32. The van der Waals surface area contributed by atoms with Gasteiger partial charge in [-0.25, -0.2) is 0 Å². The number of rotatable bonds is 4. The van der Waals surface area contributed by atoms with Gasteiger partial charge in [-0.1, -0.05) is 11.6 Å². The molecule has 0 radical (unpaired) electrons. The first kappa shape index (κ1) is 13.8. The van der Waals surface area contributed by atoms with Crippen molar-refractivity contribution in [2.75, 3.05) is 27.2 Å². The number of hydrogen-bond donors (Lipinski definition) is 1. The highest BCUT2D eigenvalue weighted by Crippen LogP contribution is 2.34. The van der Waals surface area contributed by atoms with Crippen LogP contribution in [0.4, 0.5) is 0 Å². The van der Waals surface area contributed by atoms with Crippen molar-refractivity contribution in [1.29, 1.82) is 5.26 Å². The molecule has 3 heteroatoms. The molecule has 1 heterocycles. The van der Waals surface area contributed by atoms with Gasteiger partial charge < -0.3 is 10.2 Å². The van der Waals surface area contributed by atoms with Crippen LogP contribution in [-0.4, -0.2) is 32.1 Å². The molecule has 0 aromatic heterocycles. The van der Waals surface area contributed by atoms with Crippen LogP contribution in [0.2, 0.25) is 0 Å². The van der Waals surface area contributed by atoms with Crippen molar-refractivity contribution in [1.82, 2.24) is 10.2 Å². The van der Waals surface area contributed by atoms with Gasteiger partial charge in [0.05, 0.1) is 11.5 Å². The summed E-state index contributed by atoms with van der Waals surface area (Å²) in [5.74, 6) is 0. The summed E-state index contributed by atoms with van der Waals surface area (Å²) in [5, 5.41) is 12.4. The second-order valence-electron chi connectivity index (χ2n) is 4.97. The van der Waals surface area contributed by atoms with E-state index in [1.807, 2.05) is 19.3 Å². The number of hydrogen-bond acceptors (Lipinski definition) is 3. The summed E-state index contributed by atoms with van der Waals surface area (Å²) < 4.78 is 0. The Morgan fingerprint density at radius 3 is 2.65 bits per heavy atom. The predicted octanol–water partition coefficient (Wildman–Crippen LogP) is 2.29. The zero-order chi connectivity index (χ0) is 12.7. The maximum absolute atomic E-state index is 9.39. The van der Waals surface area contributed by atoms with E-state index < -0.39 is 0 Å². The summed E-state index contributed by atoms with van der Waals surface area (Å²) in [7, 11) is 4.01. The Kier molecular flexibility index (Phi) is 5.24. The Morgan fingerprint density at radius 1 is 1.47 bits per heavy atom. The van der Waals surface area contributed by atoms with Crippen LogP contribution in [0.25, 0.3) is 0 Å². The Labute approximate surface area is 105 Å². The van der Waals surface area contributed by atoms with Gasteiger partial charge in [0.1, 0.15) is 0 Å². The van der Waals surface area contributed by atoms with Crippen LogP contribution < -0.4 is 5.32 Å². The molecule has 1 N–H and O–H groups in total. The monoisotopic (exact) mass is 233 g/mol. The van der Waals surface area contributed by atoms with Crippen LogP contribution in [0.5, 0.6) is 0 Å². The zero-order valence-corrected chi connectivity index (χ0v) is 11.2. The van der Waals surface area contributed by atoms with E-state index >= 15 is 0 Å². The molecule has 0 spiro atoms. The number of nitrogens with zero attached hydrogens (tertiary/aromatic N) is 2. The van der Waals surface area contributed by atoms with Crippen molar-refractivity contribution in [2.24, 2.45) is 5.41 Å². The second-order valence-corrected chi connectivity index (χ2v) is 4.97. The van der Waals surface area contributed by atoms with Crippen molar-refractivity contribution < 1.29 is 0 Å². The van der Waals surface area contributed by atoms with Gasteiger partial charge in [0, 0.05) is 7.05 Å². The summed E-state index contributed by atoms with van der Waals surface area (Å²) >= 11 is 0. The second kappa shape index (κ2) is 6.46. The van der Waals surface area contributed by atoms with Crippen LogP contribution in [0.15, 0.2) is 23.9 Å². The Balaban J connectivity index is 2.59. The lowest BCUT2D eigenvalue weighted by Gasteiger charge is -2.34. The predicted molar refractivity (Wildman–Crippen MR) is 71.4 cm³/mol. The van der Waals surface area contributed by atoms with E-state index in [1.165, 1.54) is 5.57 Å². The van der Waals surface area contributed by atoms with Crippen molar-refractivity contribution in [2.45, 2.75) is 26.2 Å². The van der Waals surface area contributed by atoms with Gasteiger partial charge in [-0.05, 0) is 58.6 Å². The topological polar surface area (TPSA) is 39.1 Å². The van der Waals surface area contributed by atoms with Gasteiger partial charge in [-0.15, -0.1) is 0 Å². The molecule has 1 rings (SSSR count). The Morgan fingerprint density at radius 2 is 2.12 bits per heavy atom. The molecule has 94 valence electrons. The van der Waals surface area contributed by atoms with E-state index in [2.05, 4.69) is 36.3 Å². The lowest BCUT2D eigenvalue weighted by atomic mass is 9.77. The maximum atomic E-state index is 9.39. The van der Waals surface area contributed by atoms with E-state index in [0.717, 1.165) is 32.4 Å². The quantitative estimate of drug-likeness (QED) is 0.757. The number of piperidine rings is 1. The molecule has 17 heavy (non-hydrogen) atoms. The molecule has 1 fully saturated rings. The van der Waals surface area contributed by atoms with Gasteiger partial charge in [0.2, 0.25) is 0 Å². The molecule has 1 saturated heterocycles. The van der Waals surface area contributed by atoms with E-state index in [9.17, 15) is 5.26 Å². The molecular formula is C14H23N3. The molecule has 3 nitrogen and oxygen atoms in total. The van der Waals surface area contributed by atoms with Crippen molar-refractivity contribution in [3.05, 3.63) is 23.9 Å². The van der Waals surface area contributed by atoms with Gasteiger partial charge in [-0.3, -0.25) is 0 Å². The minimum absolute atomic E-state index is 0.138. The molecule has 0 saturated carbocycles. The average molecular weight is 233 g/mol. The van der Waals surface area contributed by atoms with Gasteiger partial charge in [0.15, 0.2) is 0 Å². The molecule has 0 unspecified atom stereocenters. The number of nitrogens with one attached hydrogen (secondary N) is 1. The Hall–Kier alpha value is -1.27. The number of likely N-dealkylation sites (tertiary alicyclic amines) is 1. The van der Waals surface area contributed by atoms with Gasteiger partial charge in [0.25, 0.3) is 0 Å². The van der Waals surface area contributed by atoms with Gasteiger partial charge in [-0.2, -0.15) is 5.26 Å². The standard InChI is InChI=1S/C14H23N3/c1-13(5-9-16-2)4-6-14(12-15)7-10-17(3)11-8-14/h4-5,9,16H,6-8,10-11H2,1-3H3/b9-5-,13-4-. The third-order valence-electron chi connectivity index (χ3n) is 3.51. The van der Waals surface area contributed by atoms with Gasteiger partial charge >= 0.3 is 0 Å². The normalized spacial score (nSPS) is 21.4. The first-order chi connectivity index (χ1) is 8.12. The zero-order valence-electron chi connectivity index (χ0n) is 11.2. The van der Waals surface area contributed by atoms with Crippen LogP contribution in [0.1, 0.15) is 26.2 Å². The van der Waals surface area contributed by atoms with Crippen molar-refractivity contribution in [3.63, 3.8) is 0 Å². The molecule has 0 aromatic carbocycles. The molecule has 0 amide bonds. The summed E-state index contributed by atoms with van der Waals surface area (Å²) in [5.41, 5.74) is 1.08. The largest absolute Gasteiger partial charge is 0.394 e. The number of nitriles is 1. The van der Waals surface area contributed by atoms with Crippen LogP contribution in [-0.2, 0) is 0 Å². The summed E-state index contributed by atoms with van der Waals surface area (Å²) in [6.07, 6.45) is 8.98. The van der Waals surface area contributed by atoms with Crippen LogP contribution in [0.3, 0.4) is 0 Å². The lowest BCUT2D eigenvalue weighted by Crippen LogP contribution is -2.36. The van der Waals surface area contributed by atoms with Crippen LogP contribution in [0, 0.1) is 16.7 Å². The third kappa shape index (κ3) is 4.24. The smallest absolute Gasteiger partial charge is 0.0694 e. The molecule has 1 aliphatic heterocycles. The molecule has 0 atom stereocenters. The molecule has 1 aliphatic rings. The first-order valence-corrected chi connectivity index (χ1v) is 6.22. The van der Waals surface area contributed by atoms with Crippen LogP contribution >= 0.6 is 0 Å². The fourth-order valence-corrected chi connectivity index (χ4v) is 2.05. The highest BCUT2D eigenvalue weighted by atomic mass is 15.1. The fraction of sp³-hybridized carbons (Fsp3) is 0.643. The minimum Gasteiger partial charge on any atom is -0.394 e. The lowest BCUT2D eigenvalue weighted by molar-refractivity contribution is 0.172. The first-order valence-electron chi connectivity index (χ1n) is 6.22. The van der Waals surface area contributed by atoms with E-state index in [4.69, 9.17) is 0 Å². The van der Waals surface area contributed by atoms with E-state index in [0.29, 0.717) is 0 Å². The van der Waals surface area contributed by atoms with Crippen molar-refractivity contribution >= 4 is 0 Å². The van der Waals surface area contributed by atoms with Crippen molar-refractivity contribution in [3.8, 4) is 6.07 Å². The SMILES string of the molecule is CN/C=C\C(C)=C/CC1(C#N)CCN(C)CC1. The van der Waals surface area contributed by atoms with E-state index in [-0.39, 0.29) is 5.41 Å². The van der Waals surface area contributed by atoms with E-state index in [1.54, 1.807) is 0 Å². The number of allylic oxidation sites excluding steroid dienone is 3. The molecule has 0 aromatic rings. The highest BCUT2D eigenvalue weighted by molar-refractivity contribution is 5.18. The molecular weight excluding hydrogens is 210 g/mol. The third-order valence-corrected chi connectivity index (χ3v) is 3.51. The molecule has 0 bridgehead atoms. The summed E-state index contributed by atoms with van der Waals surface area (Å²) in [6, 6.07) is 2.54.